The van der Waals surface area contributed by atoms with Gasteiger partial charge in [-0.2, -0.15) is 0 Å². The minimum atomic E-state index is -0.682. The lowest BCUT2D eigenvalue weighted by Crippen LogP contribution is -2.36. The Balaban J connectivity index is 1.72. The minimum absolute atomic E-state index is 0.0198. The molecule has 3 nitrogen and oxygen atoms in total. The second kappa shape index (κ2) is 3.93. The number of rotatable bonds is 1. The first kappa shape index (κ1) is 11.7. The number of nitrogens with zero attached hydrogens (tertiary/aromatic N) is 1. The molecule has 1 heterocycles. The Kier molecular flexibility index (Phi) is 2.42. The van der Waals surface area contributed by atoms with Gasteiger partial charge in [0.15, 0.2) is 0 Å². The number of aliphatic hydroxyl groups is 1. The van der Waals surface area contributed by atoms with Gasteiger partial charge in [-0.1, -0.05) is 28.1 Å². The van der Waals surface area contributed by atoms with Gasteiger partial charge in [-0.25, -0.2) is 0 Å². The molecule has 1 saturated heterocycles. The van der Waals surface area contributed by atoms with Gasteiger partial charge in [-0.05, 0) is 42.5 Å². The van der Waals surface area contributed by atoms with E-state index in [1.165, 1.54) is 0 Å². The first-order valence-corrected chi connectivity index (χ1v) is 7.41. The van der Waals surface area contributed by atoms with Crippen molar-refractivity contribution in [2.75, 3.05) is 4.90 Å². The van der Waals surface area contributed by atoms with E-state index in [0.29, 0.717) is 11.8 Å². The van der Waals surface area contributed by atoms with Crippen LogP contribution in [0.5, 0.6) is 0 Å². The van der Waals surface area contributed by atoms with Crippen molar-refractivity contribution in [2.24, 2.45) is 23.7 Å². The molecule has 4 heteroatoms. The summed E-state index contributed by atoms with van der Waals surface area (Å²) >= 11 is 3.39. The average Bonchev–Trinajstić information content (AvgIpc) is 3.06. The first-order chi connectivity index (χ1) is 9.16. The number of anilines is 1. The minimum Gasteiger partial charge on any atom is -0.373 e. The number of halogens is 1. The van der Waals surface area contributed by atoms with Gasteiger partial charge in [-0.15, -0.1) is 0 Å². The summed E-state index contributed by atoms with van der Waals surface area (Å²) in [5.41, 5.74) is 0.787. The summed E-state index contributed by atoms with van der Waals surface area (Å²) in [5, 5.41) is 10.5. The molecule has 2 fully saturated rings. The second-order valence-electron chi connectivity index (χ2n) is 5.65. The summed E-state index contributed by atoms with van der Waals surface area (Å²) in [4.78, 5) is 14.2. The number of benzene rings is 1. The highest BCUT2D eigenvalue weighted by Crippen LogP contribution is 2.54. The van der Waals surface area contributed by atoms with Gasteiger partial charge in [0.25, 0.3) is 0 Å². The Bertz CT molecular complexity index is 568. The standard InChI is InChI=1S/C15H14BrNO2/c16-10-3-5-11(6-4-10)17-14(18)12-8-1-2-9(7-8)13(12)15(17)19/h1-6,8-9,12-14,18H,7H2/t8-,9-,12-,13+,14+/m0/s1. The van der Waals surface area contributed by atoms with Crippen LogP contribution in [0.25, 0.3) is 0 Å². The maximum Gasteiger partial charge on any atom is 0.233 e. The first-order valence-electron chi connectivity index (χ1n) is 6.62. The highest BCUT2D eigenvalue weighted by atomic mass is 79.9. The van der Waals surface area contributed by atoms with Gasteiger partial charge < -0.3 is 5.11 Å². The zero-order valence-corrected chi connectivity index (χ0v) is 11.8. The number of fused-ring (bicyclic) bond motifs is 5. The lowest BCUT2D eigenvalue weighted by molar-refractivity contribution is -0.121. The molecule has 98 valence electrons. The molecular weight excluding hydrogens is 306 g/mol. The lowest BCUT2D eigenvalue weighted by Gasteiger charge is -2.25. The smallest absolute Gasteiger partial charge is 0.233 e. The van der Waals surface area contributed by atoms with E-state index in [9.17, 15) is 9.90 Å². The number of amides is 1. The highest BCUT2D eigenvalue weighted by Gasteiger charge is 2.59. The van der Waals surface area contributed by atoms with E-state index in [-0.39, 0.29) is 17.7 Å². The Morgan fingerprint density at radius 3 is 2.53 bits per heavy atom. The molecule has 4 rings (SSSR count). The SMILES string of the molecule is O=C1[C@H]2[C@@H]([C@@H](O)N1c1ccc(Br)cc1)[C@H]1C=C[C@H]2C1. The summed E-state index contributed by atoms with van der Waals surface area (Å²) in [6.45, 7) is 0. The number of hydrogen-bond acceptors (Lipinski definition) is 2. The Morgan fingerprint density at radius 1 is 1.16 bits per heavy atom. The van der Waals surface area contributed by atoms with Crippen LogP contribution < -0.4 is 4.90 Å². The van der Waals surface area contributed by atoms with E-state index >= 15 is 0 Å². The molecule has 1 aliphatic heterocycles. The van der Waals surface area contributed by atoms with Crippen molar-refractivity contribution in [3.63, 3.8) is 0 Å². The predicted octanol–water partition coefficient (Wildman–Crippen LogP) is 2.55. The molecule has 1 aromatic carbocycles. The van der Waals surface area contributed by atoms with Crippen LogP contribution in [-0.4, -0.2) is 17.2 Å². The van der Waals surface area contributed by atoms with Crippen molar-refractivity contribution in [3.05, 3.63) is 40.9 Å². The second-order valence-corrected chi connectivity index (χ2v) is 6.57. The van der Waals surface area contributed by atoms with Crippen LogP contribution in [0.4, 0.5) is 5.69 Å². The van der Waals surface area contributed by atoms with E-state index in [1.54, 1.807) is 4.90 Å². The zero-order chi connectivity index (χ0) is 13.1. The number of hydrogen-bond donors (Lipinski definition) is 1. The van der Waals surface area contributed by atoms with Crippen LogP contribution in [0.15, 0.2) is 40.9 Å². The van der Waals surface area contributed by atoms with Gasteiger partial charge in [-0.3, -0.25) is 9.69 Å². The van der Waals surface area contributed by atoms with Gasteiger partial charge >= 0.3 is 0 Å². The van der Waals surface area contributed by atoms with Gasteiger partial charge in [0.2, 0.25) is 5.91 Å². The Labute approximate surface area is 120 Å². The molecule has 1 aromatic rings. The molecule has 0 aromatic heterocycles. The van der Waals surface area contributed by atoms with Crippen molar-refractivity contribution in [3.8, 4) is 0 Å². The summed E-state index contributed by atoms with van der Waals surface area (Å²) in [6, 6.07) is 7.55. The van der Waals surface area contributed by atoms with Crippen molar-refractivity contribution in [1.29, 1.82) is 0 Å². The number of carbonyl (C=O) groups is 1. The summed E-state index contributed by atoms with van der Waals surface area (Å²) < 4.78 is 0.972. The monoisotopic (exact) mass is 319 g/mol. The van der Waals surface area contributed by atoms with Crippen molar-refractivity contribution in [2.45, 2.75) is 12.6 Å². The third-order valence-corrected chi connectivity index (χ3v) is 5.29. The van der Waals surface area contributed by atoms with Crippen LogP contribution in [0.2, 0.25) is 0 Å². The number of carbonyl (C=O) groups excluding carboxylic acids is 1. The fourth-order valence-corrected chi connectivity index (χ4v) is 4.22. The van der Waals surface area contributed by atoms with Crippen LogP contribution in [0, 0.1) is 23.7 Å². The molecule has 5 atom stereocenters. The van der Waals surface area contributed by atoms with Crippen molar-refractivity contribution in [1.82, 2.24) is 0 Å². The van der Waals surface area contributed by atoms with Crippen molar-refractivity contribution >= 4 is 27.5 Å². The maximum atomic E-state index is 12.6. The molecule has 0 spiro atoms. The predicted molar refractivity (Wildman–Crippen MR) is 75.4 cm³/mol. The van der Waals surface area contributed by atoms with Crippen LogP contribution in [0.3, 0.4) is 0 Å². The molecule has 2 aliphatic carbocycles. The number of aliphatic hydroxyl groups excluding tert-OH is 1. The maximum absolute atomic E-state index is 12.6. The Morgan fingerprint density at radius 2 is 1.84 bits per heavy atom. The zero-order valence-electron chi connectivity index (χ0n) is 10.2. The van der Waals surface area contributed by atoms with E-state index in [0.717, 1.165) is 16.6 Å². The van der Waals surface area contributed by atoms with E-state index in [2.05, 4.69) is 28.1 Å². The normalized spacial score (nSPS) is 39.2. The van der Waals surface area contributed by atoms with E-state index < -0.39 is 6.23 Å². The molecule has 1 N–H and O–H groups in total. The Hall–Kier alpha value is -1.13. The third-order valence-electron chi connectivity index (χ3n) is 4.76. The highest BCUT2D eigenvalue weighted by molar-refractivity contribution is 9.10. The average molecular weight is 320 g/mol. The third kappa shape index (κ3) is 1.50. The number of allylic oxidation sites excluding steroid dienone is 2. The fourth-order valence-electron chi connectivity index (χ4n) is 3.96. The summed E-state index contributed by atoms with van der Waals surface area (Å²) in [5.74, 6) is 0.837. The topological polar surface area (TPSA) is 40.5 Å². The quantitative estimate of drug-likeness (QED) is 0.808. The van der Waals surface area contributed by atoms with E-state index in [4.69, 9.17) is 0 Å². The molecule has 0 unspecified atom stereocenters. The molecule has 1 amide bonds. The van der Waals surface area contributed by atoms with Gasteiger partial charge in [0.1, 0.15) is 6.23 Å². The molecule has 2 bridgehead atoms. The molecule has 0 radical (unpaired) electrons. The summed E-state index contributed by atoms with van der Waals surface area (Å²) in [6.07, 6.45) is 4.68. The largest absolute Gasteiger partial charge is 0.373 e. The van der Waals surface area contributed by atoms with Crippen molar-refractivity contribution < 1.29 is 9.90 Å². The van der Waals surface area contributed by atoms with Crippen LogP contribution in [-0.2, 0) is 4.79 Å². The van der Waals surface area contributed by atoms with Crippen LogP contribution >= 0.6 is 15.9 Å². The van der Waals surface area contributed by atoms with Gasteiger partial charge in [0.05, 0.1) is 5.92 Å². The lowest BCUT2D eigenvalue weighted by atomic mass is 9.85. The molecular formula is C15H14BrNO2. The fraction of sp³-hybridized carbons (Fsp3) is 0.400. The molecule has 19 heavy (non-hydrogen) atoms. The van der Waals surface area contributed by atoms with Crippen LogP contribution in [0.1, 0.15) is 6.42 Å². The molecule has 3 aliphatic rings. The van der Waals surface area contributed by atoms with Gasteiger partial charge in [0, 0.05) is 16.1 Å². The molecule has 1 saturated carbocycles. The summed E-state index contributed by atoms with van der Waals surface area (Å²) in [7, 11) is 0. The van der Waals surface area contributed by atoms with E-state index in [1.807, 2.05) is 24.3 Å².